The molecule has 4 nitrogen and oxygen atoms in total. The quantitative estimate of drug-likeness (QED) is 0.793. The largest absolute Gasteiger partial charge is 0.365 e. The van der Waals surface area contributed by atoms with Crippen LogP contribution in [0.1, 0.15) is 11.4 Å². The molecule has 0 bridgehead atoms. The van der Waals surface area contributed by atoms with E-state index >= 15 is 0 Å². The predicted octanol–water partition coefficient (Wildman–Crippen LogP) is 3.08. The third kappa shape index (κ3) is 2.56. The molecule has 0 amide bonds. The first-order valence-electron chi connectivity index (χ1n) is 6.29. The number of pyridine rings is 1. The van der Waals surface area contributed by atoms with E-state index in [4.69, 9.17) is 0 Å². The fourth-order valence-corrected chi connectivity index (χ4v) is 2.06. The summed E-state index contributed by atoms with van der Waals surface area (Å²) >= 11 is 0. The van der Waals surface area contributed by atoms with Crippen molar-refractivity contribution in [1.82, 2.24) is 15.0 Å². The number of hydrogen-bond donors (Lipinski definition) is 1. The first-order chi connectivity index (χ1) is 9.72. The van der Waals surface area contributed by atoms with Gasteiger partial charge in [-0.25, -0.2) is 14.4 Å². The number of benzene rings is 1. The van der Waals surface area contributed by atoms with Crippen LogP contribution >= 0.6 is 0 Å². The molecule has 0 saturated carbocycles. The number of anilines is 1. The van der Waals surface area contributed by atoms with Crippen LogP contribution in [-0.2, 0) is 6.54 Å². The normalized spacial score (nSPS) is 10.7. The summed E-state index contributed by atoms with van der Waals surface area (Å²) in [5.41, 5.74) is 1.66. The van der Waals surface area contributed by atoms with Crippen LogP contribution in [0.15, 0.2) is 42.7 Å². The first kappa shape index (κ1) is 12.5. The van der Waals surface area contributed by atoms with Crippen molar-refractivity contribution < 1.29 is 4.39 Å². The molecule has 3 aromatic rings. The average Bonchev–Trinajstić information content (AvgIpc) is 2.44. The second kappa shape index (κ2) is 5.21. The number of aromatic nitrogens is 3. The van der Waals surface area contributed by atoms with Crippen molar-refractivity contribution >= 4 is 16.7 Å². The Kier molecular flexibility index (Phi) is 3.25. The fourth-order valence-electron chi connectivity index (χ4n) is 2.06. The smallest absolute Gasteiger partial charge is 0.138 e. The van der Waals surface area contributed by atoms with Crippen LogP contribution in [0.4, 0.5) is 10.2 Å². The van der Waals surface area contributed by atoms with Gasteiger partial charge in [0.1, 0.15) is 17.5 Å². The monoisotopic (exact) mass is 268 g/mol. The molecule has 0 aliphatic heterocycles. The summed E-state index contributed by atoms with van der Waals surface area (Å²) in [6, 6.07) is 8.36. The molecule has 3 rings (SSSR count). The molecule has 0 unspecified atom stereocenters. The molecular weight excluding hydrogens is 255 g/mol. The van der Waals surface area contributed by atoms with E-state index in [2.05, 4.69) is 20.3 Å². The molecule has 0 radical (unpaired) electrons. The minimum Gasteiger partial charge on any atom is -0.365 e. The molecule has 20 heavy (non-hydrogen) atoms. The van der Waals surface area contributed by atoms with Gasteiger partial charge in [-0.2, -0.15) is 0 Å². The maximum absolute atomic E-state index is 13.1. The number of fused-ring (bicyclic) bond motifs is 1. The van der Waals surface area contributed by atoms with Crippen molar-refractivity contribution in [3.63, 3.8) is 0 Å². The van der Waals surface area contributed by atoms with Gasteiger partial charge in [-0.05, 0) is 30.7 Å². The Morgan fingerprint density at radius 2 is 2.10 bits per heavy atom. The summed E-state index contributed by atoms with van der Waals surface area (Å²) in [7, 11) is 0. The lowest BCUT2D eigenvalue weighted by Gasteiger charge is -2.09. The van der Waals surface area contributed by atoms with Gasteiger partial charge in [-0.3, -0.25) is 4.98 Å². The zero-order chi connectivity index (χ0) is 13.9. The van der Waals surface area contributed by atoms with Crippen LogP contribution in [0, 0.1) is 12.7 Å². The lowest BCUT2D eigenvalue weighted by atomic mass is 10.2. The van der Waals surface area contributed by atoms with E-state index in [1.165, 1.54) is 12.1 Å². The molecule has 5 heteroatoms. The average molecular weight is 268 g/mol. The van der Waals surface area contributed by atoms with Gasteiger partial charge in [-0.15, -0.1) is 0 Å². The SMILES string of the molecule is Cc1nc(NCc2cccc(F)c2)c2ccncc2n1. The Morgan fingerprint density at radius 3 is 2.95 bits per heavy atom. The Balaban J connectivity index is 1.91. The van der Waals surface area contributed by atoms with Crippen LogP contribution < -0.4 is 5.32 Å². The number of hydrogen-bond acceptors (Lipinski definition) is 4. The van der Waals surface area contributed by atoms with E-state index in [-0.39, 0.29) is 5.82 Å². The van der Waals surface area contributed by atoms with Gasteiger partial charge in [0.05, 0.1) is 11.7 Å². The van der Waals surface area contributed by atoms with Crippen molar-refractivity contribution in [2.75, 3.05) is 5.32 Å². The standard InChI is InChI=1S/C15H13FN4/c1-10-19-14-9-17-6-5-13(14)15(20-10)18-8-11-3-2-4-12(16)7-11/h2-7,9H,8H2,1H3,(H,18,19,20). The Bertz CT molecular complexity index is 758. The molecule has 0 aliphatic carbocycles. The van der Waals surface area contributed by atoms with Crippen molar-refractivity contribution in [2.24, 2.45) is 0 Å². The van der Waals surface area contributed by atoms with Crippen molar-refractivity contribution in [1.29, 1.82) is 0 Å². The molecule has 0 aliphatic rings. The number of nitrogens with zero attached hydrogens (tertiary/aromatic N) is 3. The predicted molar refractivity (Wildman–Crippen MR) is 75.8 cm³/mol. The van der Waals surface area contributed by atoms with Gasteiger partial charge in [0.15, 0.2) is 0 Å². The Morgan fingerprint density at radius 1 is 1.20 bits per heavy atom. The number of nitrogens with one attached hydrogen (secondary N) is 1. The summed E-state index contributed by atoms with van der Waals surface area (Å²) in [6.45, 7) is 2.34. The van der Waals surface area contributed by atoms with Gasteiger partial charge in [0, 0.05) is 18.1 Å². The molecule has 100 valence electrons. The Labute approximate surface area is 115 Å². The maximum atomic E-state index is 13.1. The summed E-state index contributed by atoms with van der Waals surface area (Å²) < 4.78 is 13.1. The molecular formula is C15H13FN4. The van der Waals surface area contributed by atoms with E-state index in [9.17, 15) is 4.39 Å². The van der Waals surface area contributed by atoms with Gasteiger partial charge in [-0.1, -0.05) is 12.1 Å². The molecule has 2 heterocycles. The highest BCUT2D eigenvalue weighted by Crippen LogP contribution is 2.19. The minimum absolute atomic E-state index is 0.239. The van der Waals surface area contributed by atoms with Crippen LogP contribution in [0.5, 0.6) is 0 Å². The highest BCUT2D eigenvalue weighted by atomic mass is 19.1. The highest BCUT2D eigenvalue weighted by Gasteiger charge is 2.05. The topological polar surface area (TPSA) is 50.7 Å². The second-order valence-corrected chi connectivity index (χ2v) is 4.50. The van der Waals surface area contributed by atoms with Crippen LogP contribution in [-0.4, -0.2) is 15.0 Å². The van der Waals surface area contributed by atoms with E-state index in [1.807, 2.05) is 19.1 Å². The highest BCUT2D eigenvalue weighted by molar-refractivity contribution is 5.88. The van der Waals surface area contributed by atoms with Gasteiger partial charge < -0.3 is 5.32 Å². The number of rotatable bonds is 3. The summed E-state index contributed by atoms with van der Waals surface area (Å²) in [5.74, 6) is 1.17. The lowest BCUT2D eigenvalue weighted by molar-refractivity contribution is 0.626. The third-order valence-corrected chi connectivity index (χ3v) is 2.96. The number of halogens is 1. The molecule has 1 aromatic carbocycles. The van der Waals surface area contributed by atoms with Gasteiger partial charge >= 0.3 is 0 Å². The van der Waals surface area contributed by atoms with Crippen LogP contribution in [0.2, 0.25) is 0 Å². The summed E-state index contributed by atoms with van der Waals surface area (Å²) in [6.07, 6.45) is 3.41. The Hall–Kier alpha value is -2.56. The van der Waals surface area contributed by atoms with Crippen LogP contribution in [0.25, 0.3) is 10.9 Å². The molecule has 2 aromatic heterocycles. The zero-order valence-electron chi connectivity index (χ0n) is 11.0. The molecule has 0 saturated heterocycles. The van der Waals surface area contributed by atoms with Gasteiger partial charge in [0.2, 0.25) is 0 Å². The van der Waals surface area contributed by atoms with Crippen LogP contribution in [0.3, 0.4) is 0 Å². The lowest BCUT2D eigenvalue weighted by Crippen LogP contribution is -2.04. The molecule has 0 spiro atoms. The van der Waals surface area contributed by atoms with Crippen molar-refractivity contribution in [2.45, 2.75) is 13.5 Å². The molecule has 1 N–H and O–H groups in total. The summed E-state index contributed by atoms with van der Waals surface area (Å²) in [4.78, 5) is 12.8. The van der Waals surface area contributed by atoms with E-state index < -0.39 is 0 Å². The first-order valence-corrected chi connectivity index (χ1v) is 6.29. The van der Waals surface area contributed by atoms with E-state index in [0.29, 0.717) is 12.4 Å². The van der Waals surface area contributed by atoms with Crippen molar-refractivity contribution in [3.05, 3.63) is 59.9 Å². The molecule has 0 fully saturated rings. The third-order valence-electron chi connectivity index (χ3n) is 2.96. The second-order valence-electron chi connectivity index (χ2n) is 4.50. The zero-order valence-corrected chi connectivity index (χ0v) is 11.0. The van der Waals surface area contributed by atoms with Gasteiger partial charge in [0.25, 0.3) is 0 Å². The fraction of sp³-hybridized carbons (Fsp3) is 0.133. The van der Waals surface area contributed by atoms with E-state index in [0.717, 1.165) is 22.3 Å². The number of aryl methyl sites for hydroxylation is 1. The molecule has 0 atom stereocenters. The minimum atomic E-state index is -0.239. The van der Waals surface area contributed by atoms with Crippen molar-refractivity contribution in [3.8, 4) is 0 Å². The van der Waals surface area contributed by atoms with E-state index in [1.54, 1.807) is 18.5 Å². The summed E-state index contributed by atoms with van der Waals surface area (Å²) in [5, 5.41) is 4.13. The maximum Gasteiger partial charge on any atom is 0.138 e.